The molecule has 156 valence electrons. The molecule has 0 aliphatic heterocycles. The van der Waals surface area contributed by atoms with Crippen molar-refractivity contribution in [2.24, 2.45) is 0 Å². The summed E-state index contributed by atoms with van der Waals surface area (Å²) in [6.07, 6.45) is 8.84. The van der Waals surface area contributed by atoms with Crippen LogP contribution in [0.2, 0.25) is 5.02 Å². The van der Waals surface area contributed by atoms with E-state index in [9.17, 15) is 0 Å². The SMILES string of the molecule is CSc1c(-c2nnc(C(C)(C)C)o2)nn(-c2ccccc2Cl)c1C1C=CC(Cl)=CC1. The molecule has 0 spiro atoms. The predicted octanol–water partition coefficient (Wildman–Crippen LogP) is 6.76. The summed E-state index contributed by atoms with van der Waals surface area (Å²) in [5, 5.41) is 14.8. The predicted molar refractivity (Wildman–Crippen MR) is 123 cm³/mol. The van der Waals surface area contributed by atoms with Crippen LogP contribution in [0.4, 0.5) is 0 Å². The van der Waals surface area contributed by atoms with Crippen molar-refractivity contribution in [1.82, 2.24) is 20.0 Å². The highest BCUT2D eigenvalue weighted by atomic mass is 35.5. The van der Waals surface area contributed by atoms with Crippen LogP contribution in [0.15, 0.2) is 56.8 Å². The van der Waals surface area contributed by atoms with Gasteiger partial charge in [0.05, 0.1) is 21.3 Å². The number of halogens is 2. The molecule has 3 aromatic rings. The number of allylic oxidation sites excluding steroid dienone is 4. The minimum atomic E-state index is -0.243. The van der Waals surface area contributed by atoms with Gasteiger partial charge in [-0.1, -0.05) is 68.3 Å². The minimum Gasteiger partial charge on any atom is -0.419 e. The molecule has 2 aromatic heterocycles. The Morgan fingerprint density at radius 2 is 1.93 bits per heavy atom. The fraction of sp³-hybridized carbons (Fsp3) is 0.318. The number of aromatic nitrogens is 4. The van der Waals surface area contributed by atoms with Crippen molar-refractivity contribution in [3.05, 3.63) is 64.1 Å². The molecule has 8 heteroatoms. The second kappa shape index (κ2) is 8.25. The molecule has 0 fully saturated rings. The van der Waals surface area contributed by atoms with Gasteiger partial charge in [-0.25, -0.2) is 4.68 Å². The first-order valence-corrected chi connectivity index (χ1v) is 11.6. The fourth-order valence-corrected chi connectivity index (χ4v) is 4.46. The Hall–Kier alpha value is -2.02. The number of benzene rings is 1. The van der Waals surface area contributed by atoms with E-state index in [1.165, 1.54) is 0 Å². The van der Waals surface area contributed by atoms with Crippen LogP contribution in [0.25, 0.3) is 17.3 Å². The Morgan fingerprint density at radius 1 is 1.17 bits per heavy atom. The molecule has 5 nitrogen and oxygen atoms in total. The van der Waals surface area contributed by atoms with Gasteiger partial charge in [-0.2, -0.15) is 5.10 Å². The highest BCUT2D eigenvalue weighted by molar-refractivity contribution is 7.98. The Labute approximate surface area is 190 Å². The summed E-state index contributed by atoms with van der Waals surface area (Å²) < 4.78 is 7.92. The molecular weight excluding hydrogens is 439 g/mol. The van der Waals surface area contributed by atoms with Gasteiger partial charge in [-0.15, -0.1) is 22.0 Å². The maximum atomic E-state index is 6.54. The van der Waals surface area contributed by atoms with E-state index in [1.807, 2.05) is 68.1 Å². The molecule has 0 amide bonds. The molecule has 1 unspecified atom stereocenters. The molecule has 0 radical (unpaired) electrons. The van der Waals surface area contributed by atoms with E-state index in [1.54, 1.807) is 11.8 Å². The molecule has 2 heterocycles. The summed E-state index contributed by atoms with van der Waals surface area (Å²) >= 11 is 14.3. The maximum absolute atomic E-state index is 6.54. The van der Waals surface area contributed by atoms with Crippen LogP contribution in [0.1, 0.15) is 44.7 Å². The molecule has 1 aliphatic rings. The second-order valence-electron chi connectivity index (χ2n) is 8.08. The van der Waals surface area contributed by atoms with E-state index in [4.69, 9.17) is 32.7 Å². The number of nitrogens with zero attached hydrogens (tertiary/aromatic N) is 4. The van der Waals surface area contributed by atoms with Crippen molar-refractivity contribution < 1.29 is 4.42 Å². The molecule has 1 atom stereocenters. The molecule has 1 aromatic carbocycles. The third-order valence-electron chi connectivity index (χ3n) is 4.84. The van der Waals surface area contributed by atoms with Gasteiger partial charge in [0, 0.05) is 16.4 Å². The van der Waals surface area contributed by atoms with Crippen LogP contribution in [-0.2, 0) is 5.41 Å². The van der Waals surface area contributed by atoms with Gasteiger partial charge in [0.25, 0.3) is 5.89 Å². The second-order valence-corrected chi connectivity index (χ2v) is 9.74. The molecule has 4 rings (SSSR count). The monoisotopic (exact) mass is 460 g/mol. The maximum Gasteiger partial charge on any atom is 0.269 e. The van der Waals surface area contributed by atoms with Crippen LogP contribution in [0.5, 0.6) is 0 Å². The smallest absolute Gasteiger partial charge is 0.269 e. The summed E-state index contributed by atoms with van der Waals surface area (Å²) in [4.78, 5) is 0.986. The van der Waals surface area contributed by atoms with Crippen molar-refractivity contribution in [1.29, 1.82) is 0 Å². The average molecular weight is 461 g/mol. The summed E-state index contributed by atoms with van der Waals surface area (Å²) in [5.74, 6) is 1.08. The van der Waals surface area contributed by atoms with Crippen molar-refractivity contribution in [3.63, 3.8) is 0 Å². The number of thioether (sulfide) groups is 1. The number of hydrogen-bond acceptors (Lipinski definition) is 5. The van der Waals surface area contributed by atoms with E-state index < -0.39 is 0 Å². The Morgan fingerprint density at radius 3 is 2.53 bits per heavy atom. The minimum absolute atomic E-state index is 0.0949. The molecule has 0 saturated heterocycles. The Kier molecular flexibility index (Phi) is 5.84. The fourth-order valence-electron chi connectivity index (χ4n) is 3.31. The number of hydrogen-bond donors (Lipinski definition) is 0. The van der Waals surface area contributed by atoms with Crippen molar-refractivity contribution in [2.45, 2.75) is 43.4 Å². The zero-order valence-electron chi connectivity index (χ0n) is 17.2. The van der Waals surface area contributed by atoms with E-state index in [-0.39, 0.29) is 11.3 Å². The van der Waals surface area contributed by atoms with Crippen molar-refractivity contribution in [2.75, 3.05) is 6.26 Å². The molecule has 0 N–H and O–H groups in total. The van der Waals surface area contributed by atoms with Crippen LogP contribution in [0.3, 0.4) is 0 Å². The van der Waals surface area contributed by atoms with Gasteiger partial charge in [-0.05, 0) is 30.9 Å². The highest BCUT2D eigenvalue weighted by Crippen LogP contribution is 2.41. The highest BCUT2D eigenvalue weighted by Gasteiger charge is 2.30. The topological polar surface area (TPSA) is 56.7 Å². The third kappa shape index (κ3) is 3.96. The summed E-state index contributed by atoms with van der Waals surface area (Å²) in [6, 6.07) is 7.67. The van der Waals surface area contributed by atoms with Gasteiger partial charge in [0.15, 0.2) is 5.69 Å². The zero-order chi connectivity index (χ0) is 21.5. The van der Waals surface area contributed by atoms with Gasteiger partial charge in [0.2, 0.25) is 5.89 Å². The van der Waals surface area contributed by atoms with Gasteiger partial charge < -0.3 is 4.42 Å². The first-order chi connectivity index (χ1) is 14.3. The Bertz CT molecular complexity index is 1140. The first-order valence-electron chi connectivity index (χ1n) is 9.59. The lowest BCUT2D eigenvalue weighted by Crippen LogP contribution is -2.11. The van der Waals surface area contributed by atoms with E-state index >= 15 is 0 Å². The van der Waals surface area contributed by atoms with Crippen molar-refractivity contribution in [3.8, 4) is 17.3 Å². The van der Waals surface area contributed by atoms with E-state index in [0.29, 0.717) is 22.5 Å². The van der Waals surface area contributed by atoms with Crippen LogP contribution < -0.4 is 0 Å². The lowest BCUT2D eigenvalue weighted by Gasteiger charge is -2.18. The quantitative estimate of drug-likeness (QED) is 0.402. The molecule has 30 heavy (non-hydrogen) atoms. The largest absolute Gasteiger partial charge is 0.419 e. The lowest BCUT2D eigenvalue weighted by atomic mass is 9.96. The van der Waals surface area contributed by atoms with Gasteiger partial charge >= 0.3 is 0 Å². The molecule has 1 aliphatic carbocycles. The van der Waals surface area contributed by atoms with E-state index in [0.717, 1.165) is 27.7 Å². The third-order valence-corrected chi connectivity index (χ3v) is 6.25. The Balaban J connectivity index is 1.92. The molecular formula is C22H22Cl2N4OS. The van der Waals surface area contributed by atoms with E-state index in [2.05, 4.69) is 16.3 Å². The van der Waals surface area contributed by atoms with Crippen LogP contribution >= 0.6 is 35.0 Å². The first kappa shape index (κ1) is 21.2. The summed E-state index contributed by atoms with van der Waals surface area (Å²) in [7, 11) is 0. The normalized spacial score (nSPS) is 16.7. The zero-order valence-corrected chi connectivity index (χ0v) is 19.5. The van der Waals surface area contributed by atoms with Gasteiger partial charge in [0.1, 0.15) is 0 Å². The summed E-state index contributed by atoms with van der Waals surface area (Å²) in [5.41, 5.74) is 2.25. The number of rotatable bonds is 4. The van der Waals surface area contributed by atoms with Crippen LogP contribution in [0, 0.1) is 0 Å². The standard InChI is InChI=1S/C22H22Cl2N4OS/c1-22(2,3)21-26-25-20(29-21)17-19(30-4)18(13-9-11-14(23)12-10-13)28(27-17)16-8-6-5-7-15(16)24/h5-9,11-13H,10H2,1-4H3. The lowest BCUT2D eigenvalue weighted by molar-refractivity contribution is 0.398. The average Bonchev–Trinajstić information content (AvgIpc) is 3.33. The molecule has 0 saturated carbocycles. The summed E-state index contributed by atoms with van der Waals surface area (Å²) in [6.45, 7) is 6.11. The number of para-hydroxylation sites is 1. The van der Waals surface area contributed by atoms with Gasteiger partial charge in [-0.3, -0.25) is 0 Å². The van der Waals surface area contributed by atoms with Crippen LogP contribution in [-0.4, -0.2) is 26.2 Å². The molecule has 0 bridgehead atoms. The van der Waals surface area contributed by atoms with Crippen molar-refractivity contribution >= 4 is 35.0 Å².